The summed E-state index contributed by atoms with van der Waals surface area (Å²) in [7, 11) is 1.82. The van der Waals surface area contributed by atoms with Crippen LogP contribution in [0.15, 0.2) is 58.3 Å². The highest BCUT2D eigenvalue weighted by Crippen LogP contribution is 2.35. The van der Waals surface area contributed by atoms with Crippen LogP contribution < -0.4 is 5.32 Å². The summed E-state index contributed by atoms with van der Waals surface area (Å²) in [5.74, 6) is -0.472. The zero-order chi connectivity index (χ0) is 26.9. The fraction of sp³-hybridized carbons (Fsp3) is 0.320. The maximum atomic E-state index is 14.6. The molecular formula is C25H23F4N7O2. The molecule has 1 aliphatic rings. The Labute approximate surface area is 214 Å². The monoisotopic (exact) mass is 529 g/mol. The Hall–Kier alpha value is -4.13. The summed E-state index contributed by atoms with van der Waals surface area (Å²) in [6.07, 6.45) is -2.44. The maximum absolute atomic E-state index is 14.6. The standard InChI is InChI=1S/C25H23F4N7O2/c1-35-10-7-19(17(26)13-35)32-18-3-2-4-20-16(18)11-21(36(20)14-25(27,28)29)23-33-22(38-34-23)12-31-24(37)15-5-8-30-9-6-15/h2-6,8-9,11,17H,7,10,12-14H2,1H3,(H,31,37)/t17-/m0/s1. The van der Waals surface area contributed by atoms with E-state index in [1.54, 1.807) is 12.1 Å². The molecule has 1 saturated heterocycles. The summed E-state index contributed by atoms with van der Waals surface area (Å²) in [6, 6.07) is 9.30. The van der Waals surface area contributed by atoms with Gasteiger partial charge in [0.2, 0.25) is 11.7 Å². The first-order valence-electron chi connectivity index (χ1n) is 11.8. The van der Waals surface area contributed by atoms with Gasteiger partial charge in [0, 0.05) is 42.9 Å². The number of aliphatic imine (C=N–C) groups is 1. The zero-order valence-corrected chi connectivity index (χ0v) is 20.2. The van der Waals surface area contributed by atoms with Crippen LogP contribution in [0.2, 0.25) is 0 Å². The van der Waals surface area contributed by atoms with Crippen molar-refractivity contribution in [2.75, 3.05) is 20.1 Å². The topological polar surface area (TPSA) is 101 Å². The van der Waals surface area contributed by atoms with Crippen LogP contribution in [0.4, 0.5) is 23.2 Å². The minimum Gasteiger partial charge on any atom is -0.343 e. The van der Waals surface area contributed by atoms with Crippen LogP contribution in [0.25, 0.3) is 22.4 Å². The third kappa shape index (κ3) is 5.57. The van der Waals surface area contributed by atoms with E-state index >= 15 is 0 Å². The molecule has 1 amide bonds. The van der Waals surface area contributed by atoms with Crippen molar-refractivity contribution in [2.45, 2.75) is 31.9 Å². The van der Waals surface area contributed by atoms with E-state index in [0.29, 0.717) is 35.3 Å². The summed E-state index contributed by atoms with van der Waals surface area (Å²) >= 11 is 0. The van der Waals surface area contributed by atoms with Gasteiger partial charge in [-0.15, -0.1) is 0 Å². The molecule has 0 aliphatic carbocycles. The molecule has 1 N–H and O–H groups in total. The first-order chi connectivity index (χ1) is 18.2. The first-order valence-corrected chi connectivity index (χ1v) is 11.8. The van der Waals surface area contributed by atoms with E-state index in [0.717, 1.165) is 4.57 Å². The van der Waals surface area contributed by atoms with Gasteiger partial charge in [-0.1, -0.05) is 11.2 Å². The van der Waals surface area contributed by atoms with Crippen LogP contribution in [0.5, 0.6) is 0 Å². The van der Waals surface area contributed by atoms with E-state index < -0.39 is 24.8 Å². The third-order valence-corrected chi connectivity index (χ3v) is 6.15. The number of rotatable bonds is 6. The number of carbonyl (C=O) groups excluding carboxylic acids is 1. The molecule has 1 aliphatic heterocycles. The number of nitrogens with one attached hydrogen (secondary N) is 1. The fourth-order valence-electron chi connectivity index (χ4n) is 4.31. The van der Waals surface area contributed by atoms with E-state index in [1.807, 2.05) is 11.9 Å². The highest BCUT2D eigenvalue weighted by atomic mass is 19.4. The van der Waals surface area contributed by atoms with Crippen molar-refractivity contribution in [1.82, 2.24) is 29.9 Å². The van der Waals surface area contributed by atoms with Crippen molar-refractivity contribution in [2.24, 2.45) is 4.99 Å². The SMILES string of the molecule is CN1CCC(=Nc2cccc3c2cc(-c2noc(CNC(=O)c4ccncc4)n2)n3CC(F)(F)F)[C@@H](F)C1. The lowest BCUT2D eigenvalue weighted by atomic mass is 10.1. The molecule has 3 aromatic heterocycles. The van der Waals surface area contributed by atoms with Gasteiger partial charge in [-0.05, 0) is 37.4 Å². The molecule has 5 rings (SSSR count). The summed E-state index contributed by atoms with van der Waals surface area (Å²) in [5.41, 5.74) is 1.40. The number of halogens is 4. The number of aromatic nitrogens is 4. The number of likely N-dealkylation sites (tertiary alicyclic amines) is 1. The largest absolute Gasteiger partial charge is 0.406 e. The summed E-state index contributed by atoms with van der Waals surface area (Å²) in [5, 5.41) is 6.87. The Bertz CT molecular complexity index is 1480. The van der Waals surface area contributed by atoms with Gasteiger partial charge in [-0.2, -0.15) is 18.2 Å². The smallest absolute Gasteiger partial charge is 0.343 e. The molecule has 0 bridgehead atoms. The predicted molar refractivity (Wildman–Crippen MR) is 131 cm³/mol. The molecule has 1 fully saturated rings. The Morgan fingerprint density at radius 2 is 2.03 bits per heavy atom. The number of carbonyl (C=O) groups is 1. The first kappa shape index (κ1) is 25.5. The highest BCUT2D eigenvalue weighted by molar-refractivity contribution is 5.99. The van der Waals surface area contributed by atoms with Crippen LogP contribution in [0.1, 0.15) is 22.7 Å². The van der Waals surface area contributed by atoms with E-state index in [1.165, 1.54) is 36.7 Å². The summed E-state index contributed by atoms with van der Waals surface area (Å²) in [6.45, 7) is -0.582. The van der Waals surface area contributed by atoms with Gasteiger partial charge in [-0.25, -0.2) is 4.39 Å². The van der Waals surface area contributed by atoms with Gasteiger partial charge in [0.25, 0.3) is 5.91 Å². The van der Waals surface area contributed by atoms with Gasteiger partial charge < -0.3 is 19.3 Å². The number of amides is 1. The number of hydrogen-bond donors (Lipinski definition) is 1. The fourth-order valence-corrected chi connectivity index (χ4v) is 4.31. The second-order valence-corrected chi connectivity index (χ2v) is 8.95. The highest BCUT2D eigenvalue weighted by Gasteiger charge is 2.31. The molecule has 9 nitrogen and oxygen atoms in total. The minimum atomic E-state index is -4.54. The molecular weight excluding hydrogens is 506 g/mol. The van der Waals surface area contributed by atoms with Gasteiger partial charge in [-0.3, -0.25) is 14.8 Å². The van der Waals surface area contributed by atoms with Crippen LogP contribution in [0, 0.1) is 0 Å². The molecule has 4 aromatic rings. The predicted octanol–water partition coefficient (Wildman–Crippen LogP) is 4.32. The van der Waals surface area contributed by atoms with Gasteiger partial charge in [0.1, 0.15) is 6.54 Å². The van der Waals surface area contributed by atoms with Crippen LogP contribution >= 0.6 is 0 Å². The van der Waals surface area contributed by atoms with E-state index in [-0.39, 0.29) is 36.0 Å². The molecule has 0 spiro atoms. The van der Waals surface area contributed by atoms with Crippen molar-refractivity contribution in [3.05, 3.63) is 60.2 Å². The van der Waals surface area contributed by atoms with Gasteiger partial charge in [0.15, 0.2) is 6.17 Å². The second-order valence-electron chi connectivity index (χ2n) is 8.95. The van der Waals surface area contributed by atoms with Gasteiger partial charge in [0.05, 0.1) is 29.2 Å². The molecule has 4 heterocycles. The Kier molecular flexibility index (Phi) is 6.93. The Balaban J connectivity index is 1.48. The number of fused-ring (bicyclic) bond motifs is 1. The molecule has 198 valence electrons. The molecule has 38 heavy (non-hydrogen) atoms. The number of hydrogen-bond acceptors (Lipinski definition) is 7. The number of alkyl halides is 4. The minimum absolute atomic E-state index is 0.0123. The van der Waals surface area contributed by atoms with Crippen molar-refractivity contribution >= 4 is 28.2 Å². The number of benzene rings is 1. The molecule has 0 saturated carbocycles. The number of pyridine rings is 1. The van der Waals surface area contributed by atoms with Gasteiger partial charge >= 0.3 is 6.18 Å². The van der Waals surface area contributed by atoms with Crippen molar-refractivity contribution in [3.8, 4) is 11.5 Å². The second kappa shape index (κ2) is 10.3. The van der Waals surface area contributed by atoms with Crippen molar-refractivity contribution in [1.29, 1.82) is 0 Å². The lowest BCUT2D eigenvalue weighted by Crippen LogP contribution is -2.39. The van der Waals surface area contributed by atoms with Crippen molar-refractivity contribution < 1.29 is 26.9 Å². The number of piperidine rings is 1. The normalized spacial score (nSPS) is 17.8. The van der Waals surface area contributed by atoms with E-state index in [2.05, 4.69) is 25.4 Å². The van der Waals surface area contributed by atoms with Crippen LogP contribution in [0.3, 0.4) is 0 Å². The average Bonchev–Trinajstić information content (AvgIpc) is 3.49. The maximum Gasteiger partial charge on any atom is 0.406 e. The lowest BCUT2D eigenvalue weighted by Gasteiger charge is -2.26. The van der Waals surface area contributed by atoms with Crippen molar-refractivity contribution in [3.63, 3.8) is 0 Å². The molecule has 0 unspecified atom stereocenters. The van der Waals surface area contributed by atoms with Crippen LogP contribution in [-0.4, -0.2) is 68.7 Å². The van der Waals surface area contributed by atoms with E-state index in [4.69, 9.17) is 4.52 Å². The Morgan fingerprint density at radius 3 is 2.76 bits per heavy atom. The molecule has 1 aromatic carbocycles. The molecule has 13 heteroatoms. The lowest BCUT2D eigenvalue weighted by molar-refractivity contribution is -0.139. The summed E-state index contributed by atoms with van der Waals surface area (Å²) < 4.78 is 61.5. The average molecular weight is 529 g/mol. The third-order valence-electron chi connectivity index (χ3n) is 6.15. The number of nitrogens with zero attached hydrogens (tertiary/aromatic N) is 6. The zero-order valence-electron chi connectivity index (χ0n) is 20.2. The Morgan fingerprint density at radius 1 is 1.24 bits per heavy atom. The molecule has 0 radical (unpaired) electrons. The molecule has 1 atom stereocenters. The van der Waals surface area contributed by atoms with Crippen LogP contribution in [-0.2, 0) is 13.1 Å². The van der Waals surface area contributed by atoms with E-state index in [9.17, 15) is 22.4 Å². The quantitative estimate of drug-likeness (QED) is 0.374. The summed E-state index contributed by atoms with van der Waals surface area (Å²) in [4.78, 5) is 26.7.